The highest BCUT2D eigenvalue weighted by molar-refractivity contribution is 5.91. The monoisotopic (exact) mass is 674 g/mol. The normalized spacial score (nSPS) is 17.9. The molecule has 1 fully saturated rings. The fourth-order valence-electron chi connectivity index (χ4n) is 5.67. The number of carbonyl (C=O) groups excluding carboxylic acids is 2. The van der Waals surface area contributed by atoms with Crippen molar-refractivity contribution in [1.29, 1.82) is 0 Å². The number of nitrogens with two attached hydrogens (primary N) is 1. The molecule has 48 heavy (non-hydrogen) atoms. The van der Waals surface area contributed by atoms with E-state index in [2.05, 4.69) is 27.7 Å². The third-order valence-electron chi connectivity index (χ3n) is 8.00. The molecule has 0 amide bonds. The summed E-state index contributed by atoms with van der Waals surface area (Å²) in [6, 6.07) is 12.3. The zero-order chi connectivity index (χ0) is 35.5. The van der Waals surface area contributed by atoms with Crippen LogP contribution in [0.4, 0.5) is 22.0 Å². The van der Waals surface area contributed by atoms with Crippen molar-refractivity contribution in [3.63, 3.8) is 0 Å². The van der Waals surface area contributed by atoms with E-state index in [1.54, 1.807) is 36.5 Å². The van der Waals surface area contributed by atoms with Crippen molar-refractivity contribution in [3.8, 4) is 22.8 Å². The number of pyridine rings is 2. The van der Waals surface area contributed by atoms with Crippen LogP contribution in [-0.4, -0.2) is 63.3 Å². The number of ether oxygens (including phenoxy) is 2. The first-order chi connectivity index (χ1) is 23.1. The van der Waals surface area contributed by atoms with Gasteiger partial charge in [-0.25, -0.2) is 18.2 Å². The van der Waals surface area contributed by atoms with Crippen LogP contribution in [0.3, 0.4) is 0 Å². The quantitative estimate of drug-likeness (QED) is 0.145. The molecule has 13 heteroatoms. The molecule has 0 bridgehead atoms. The highest BCUT2D eigenvalue weighted by atomic mass is 19.3. The Morgan fingerprint density at radius 2 is 1.77 bits per heavy atom. The summed E-state index contributed by atoms with van der Waals surface area (Å²) in [6.07, 6.45) is 0.762. The van der Waals surface area contributed by atoms with Crippen LogP contribution in [0.5, 0.6) is 11.5 Å². The summed E-state index contributed by atoms with van der Waals surface area (Å²) < 4.78 is 74.9. The molecule has 1 saturated carbocycles. The molecule has 0 spiro atoms. The number of nitrogens with zero attached hydrogens (tertiary/aromatic N) is 2. The number of aromatic nitrogens is 2. The van der Waals surface area contributed by atoms with Crippen molar-refractivity contribution in [2.24, 2.45) is 17.6 Å². The predicted molar refractivity (Wildman–Crippen MR) is 174 cm³/mol. The number of aldehydes is 1. The minimum Gasteiger partial charge on any atom is -0.490 e. The number of aryl methyl sites for hydroxylation is 1. The lowest BCUT2D eigenvalue weighted by atomic mass is 9.92. The molecular weight excluding hydrogens is 635 g/mol. The molecule has 4 unspecified atom stereocenters. The maximum absolute atomic E-state index is 13.6. The summed E-state index contributed by atoms with van der Waals surface area (Å²) in [7, 11) is 3.39. The first-order valence-electron chi connectivity index (χ1n) is 15.1. The molecule has 2 aliphatic rings. The Kier molecular flexibility index (Phi) is 13.9. The summed E-state index contributed by atoms with van der Waals surface area (Å²) in [5.74, 6) is 0.285. The first-order valence-corrected chi connectivity index (χ1v) is 15.1. The molecule has 4 atom stereocenters. The molecule has 0 radical (unpaired) electrons. The highest BCUT2D eigenvalue weighted by Crippen LogP contribution is 2.50. The fraction of sp³-hybridized carbons (Fsp3) is 0.371. The summed E-state index contributed by atoms with van der Waals surface area (Å²) in [4.78, 5) is 27.6. The number of rotatable bonds is 9. The summed E-state index contributed by atoms with van der Waals surface area (Å²) >= 11 is 0. The van der Waals surface area contributed by atoms with Crippen LogP contribution in [0.1, 0.15) is 52.4 Å². The van der Waals surface area contributed by atoms with Gasteiger partial charge in [0.2, 0.25) is 6.43 Å². The Morgan fingerprint density at radius 1 is 1.10 bits per heavy atom. The molecule has 2 aromatic carbocycles. The molecule has 8 nitrogen and oxygen atoms in total. The molecule has 4 aromatic rings. The van der Waals surface area contributed by atoms with E-state index in [1.165, 1.54) is 25.2 Å². The highest BCUT2D eigenvalue weighted by Gasteiger charge is 2.42. The Labute approximate surface area is 275 Å². The standard InChI is InChI=1S/C21H23F3N2O.C12H9F2NO2.CH5N.CH2O/c1-11-7-14(11)16(9-25-2)18-8-15-17(21(23)24)10-27-20(15)19(26-18)12-3-5-13(22)6-4-12;1-7-2-9-3-8(6-16)4-10(17-12(13)14)11(9)15-5-7;2*1-2/h3-6,8,11,14,16-17,21,25H,7,9-10H2,1-2H3;2-6,12H,1H3;2H2,1H3;1H2. The smallest absolute Gasteiger partial charge is 0.387 e. The van der Waals surface area contributed by atoms with Crippen LogP contribution in [0.25, 0.3) is 22.2 Å². The molecule has 3 heterocycles. The lowest BCUT2D eigenvalue weighted by Gasteiger charge is -2.19. The van der Waals surface area contributed by atoms with E-state index < -0.39 is 19.0 Å². The van der Waals surface area contributed by atoms with Crippen molar-refractivity contribution in [1.82, 2.24) is 15.3 Å². The van der Waals surface area contributed by atoms with Gasteiger partial charge in [0.25, 0.3) is 0 Å². The van der Waals surface area contributed by atoms with Gasteiger partial charge in [0, 0.05) is 46.4 Å². The Hall–Kier alpha value is -4.49. The number of hydrogen-bond acceptors (Lipinski definition) is 8. The predicted octanol–water partition coefficient (Wildman–Crippen LogP) is 6.93. The zero-order valence-electron chi connectivity index (χ0n) is 27.1. The lowest BCUT2D eigenvalue weighted by molar-refractivity contribution is -0.0980. The summed E-state index contributed by atoms with van der Waals surface area (Å²) in [6.45, 7) is 3.77. The van der Waals surface area contributed by atoms with Crippen LogP contribution >= 0.6 is 0 Å². The second-order valence-electron chi connectivity index (χ2n) is 11.2. The van der Waals surface area contributed by atoms with Gasteiger partial charge in [0.05, 0.1) is 5.92 Å². The topological polar surface area (TPSA) is 116 Å². The number of fused-ring (bicyclic) bond motifs is 2. The first kappa shape index (κ1) is 38.0. The van der Waals surface area contributed by atoms with Gasteiger partial charge in [-0.15, -0.1) is 0 Å². The molecule has 258 valence electrons. The van der Waals surface area contributed by atoms with Crippen LogP contribution in [-0.2, 0) is 4.79 Å². The van der Waals surface area contributed by atoms with Gasteiger partial charge < -0.3 is 25.3 Å². The number of likely N-dealkylation sites (N-methyl/N-ethyl adjacent to an activating group) is 1. The van der Waals surface area contributed by atoms with E-state index >= 15 is 0 Å². The van der Waals surface area contributed by atoms with E-state index in [1.807, 2.05) is 20.8 Å². The van der Waals surface area contributed by atoms with E-state index in [0.29, 0.717) is 51.6 Å². The molecular formula is C35H39F5N4O4. The van der Waals surface area contributed by atoms with Gasteiger partial charge in [-0.2, -0.15) is 8.78 Å². The van der Waals surface area contributed by atoms with Gasteiger partial charge in [-0.1, -0.05) is 6.92 Å². The van der Waals surface area contributed by atoms with Crippen molar-refractivity contribution in [3.05, 3.63) is 82.9 Å². The third-order valence-corrected chi connectivity index (χ3v) is 8.00. The summed E-state index contributed by atoms with van der Waals surface area (Å²) in [5, 5.41) is 3.81. The van der Waals surface area contributed by atoms with Crippen molar-refractivity contribution in [2.45, 2.75) is 45.1 Å². The van der Waals surface area contributed by atoms with Gasteiger partial charge in [0.15, 0.2) is 5.75 Å². The second-order valence-corrected chi connectivity index (χ2v) is 11.2. The van der Waals surface area contributed by atoms with Gasteiger partial charge in [-0.05, 0) is 93.4 Å². The molecule has 6 rings (SSSR count). The maximum Gasteiger partial charge on any atom is 0.387 e. The van der Waals surface area contributed by atoms with Crippen molar-refractivity contribution in [2.75, 3.05) is 27.2 Å². The fourth-order valence-corrected chi connectivity index (χ4v) is 5.67. The lowest BCUT2D eigenvalue weighted by Crippen LogP contribution is -2.21. The van der Waals surface area contributed by atoms with Crippen LogP contribution in [0.2, 0.25) is 0 Å². The minimum atomic E-state index is -2.94. The van der Waals surface area contributed by atoms with Crippen molar-refractivity contribution >= 4 is 24.0 Å². The number of hydrogen-bond donors (Lipinski definition) is 2. The number of carbonyl (C=O) groups is 2. The van der Waals surface area contributed by atoms with Gasteiger partial charge >= 0.3 is 6.61 Å². The van der Waals surface area contributed by atoms with Gasteiger partial charge in [-0.3, -0.25) is 9.78 Å². The van der Waals surface area contributed by atoms with Crippen LogP contribution in [0.15, 0.2) is 54.7 Å². The number of benzene rings is 2. The average Bonchev–Trinajstić information content (AvgIpc) is 3.64. The van der Waals surface area contributed by atoms with Gasteiger partial charge in [0.1, 0.15) is 42.5 Å². The van der Waals surface area contributed by atoms with Crippen LogP contribution < -0.4 is 20.5 Å². The Bertz CT molecular complexity index is 1660. The molecule has 0 saturated heterocycles. The summed E-state index contributed by atoms with van der Waals surface area (Å²) in [5.41, 5.74) is 8.51. The Balaban J connectivity index is 0.000000257. The SMILES string of the molecule is C=O.CN.CNCC(c1cc2c(c(-c3ccc(F)cc3)n1)OCC2C(F)F)C1CC1C.Cc1cnc2c(OC(F)F)cc(C=O)cc2c1. The van der Waals surface area contributed by atoms with E-state index in [0.717, 1.165) is 24.2 Å². The van der Waals surface area contributed by atoms with E-state index in [9.17, 15) is 26.7 Å². The third kappa shape index (κ3) is 9.10. The average molecular weight is 675 g/mol. The van der Waals surface area contributed by atoms with Crippen LogP contribution in [0, 0.1) is 24.6 Å². The molecule has 1 aliphatic carbocycles. The largest absolute Gasteiger partial charge is 0.490 e. The molecule has 1 aliphatic heterocycles. The van der Waals surface area contributed by atoms with E-state index in [-0.39, 0.29) is 29.7 Å². The minimum absolute atomic E-state index is 0.0527. The van der Waals surface area contributed by atoms with Crippen molar-refractivity contribution < 1.29 is 41.0 Å². The second kappa shape index (κ2) is 17.6. The van der Waals surface area contributed by atoms with E-state index in [4.69, 9.17) is 14.5 Å². The number of alkyl halides is 4. The number of halogens is 5. The number of nitrogens with one attached hydrogen (secondary N) is 1. The molecule has 2 aromatic heterocycles. The Morgan fingerprint density at radius 3 is 2.33 bits per heavy atom. The zero-order valence-corrected chi connectivity index (χ0v) is 27.1. The maximum atomic E-state index is 13.6. The molecule has 3 N–H and O–H groups in total.